The molecule has 0 aromatic heterocycles. The topological polar surface area (TPSA) is 63.6 Å². The van der Waals surface area contributed by atoms with Gasteiger partial charge >= 0.3 is 6.09 Å². The zero-order chi connectivity index (χ0) is 7.44. The average molecular weight is 132 g/mol. The number of carbonyl (C=O) groups is 1. The molecule has 0 bridgehead atoms. The lowest BCUT2D eigenvalue weighted by Crippen LogP contribution is -2.26. The van der Waals surface area contributed by atoms with Gasteiger partial charge in [0.1, 0.15) is 0 Å². The van der Waals surface area contributed by atoms with Gasteiger partial charge in [0, 0.05) is 6.54 Å². The van der Waals surface area contributed by atoms with Crippen molar-refractivity contribution in [1.82, 2.24) is 5.06 Å². The average Bonchev–Trinajstić information content (AvgIpc) is 1.63. The lowest BCUT2D eigenvalue weighted by atomic mass is 10.2. The van der Waals surface area contributed by atoms with Gasteiger partial charge in [0.15, 0.2) is 0 Å². The van der Waals surface area contributed by atoms with E-state index in [0.29, 0.717) is 0 Å². The van der Waals surface area contributed by atoms with Crippen LogP contribution in [-0.4, -0.2) is 22.8 Å². The van der Waals surface area contributed by atoms with E-state index in [9.17, 15) is 10.0 Å². The highest BCUT2D eigenvalue weighted by atomic mass is 16.6. The number of hydrogen-bond acceptors (Lipinski definition) is 2. The smallest absolute Gasteiger partial charge is 0.396 e. The van der Waals surface area contributed by atoms with Gasteiger partial charge in [-0.2, -0.15) is 0 Å². The summed E-state index contributed by atoms with van der Waals surface area (Å²) in [4.78, 5) is 9.85. The molecule has 4 nitrogen and oxygen atoms in total. The highest BCUT2D eigenvalue weighted by Gasteiger charge is 2.00. The molecule has 0 atom stereocenters. The summed E-state index contributed by atoms with van der Waals surface area (Å²) in [6, 6.07) is 0. The first-order valence-corrected chi connectivity index (χ1v) is 2.71. The standard InChI is InChI=1S/C5H10NO3/c1-4(2)3-6(9)5(7)8/h4H,3H2,1-2H3,(H,7,8)/q-1. The summed E-state index contributed by atoms with van der Waals surface area (Å²) < 4.78 is 0. The Kier molecular flexibility index (Phi) is 3.01. The number of hydroxylamine groups is 2. The van der Waals surface area contributed by atoms with Crippen LogP contribution in [0.15, 0.2) is 0 Å². The molecule has 0 aromatic rings. The van der Waals surface area contributed by atoms with Crippen LogP contribution < -0.4 is 0 Å². The van der Waals surface area contributed by atoms with Crippen molar-refractivity contribution in [1.29, 1.82) is 0 Å². The third-order valence-corrected chi connectivity index (χ3v) is 0.744. The van der Waals surface area contributed by atoms with Gasteiger partial charge in [-0.1, -0.05) is 13.8 Å². The lowest BCUT2D eigenvalue weighted by molar-refractivity contribution is 0.159. The maximum absolute atomic E-state index is 10.3. The largest absolute Gasteiger partial charge is 0.754 e. The highest BCUT2D eigenvalue weighted by molar-refractivity contribution is 5.65. The maximum Gasteiger partial charge on any atom is 0.396 e. The fourth-order valence-corrected chi connectivity index (χ4v) is 0.410. The molecule has 9 heavy (non-hydrogen) atoms. The van der Waals surface area contributed by atoms with Crippen LogP contribution in [0.1, 0.15) is 13.8 Å². The maximum atomic E-state index is 10.3. The van der Waals surface area contributed by atoms with Crippen LogP contribution in [0.2, 0.25) is 0 Å². The summed E-state index contributed by atoms with van der Waals surface area (Å²) >= 11 is 0. The van der Waals surface area contributed by atoms with E-state index >= 15 is 0 Å². The number of amides is 1. The second-order valence-electron chi connectivity index (χ2n) is 2.24. The first kappa shape index (κ1) is 8.23. The van der Waals surface area contributed by atoms with Crippen molar-refractivity contribution in [3.05, 3.63) is 5.21 Å². The molecule has 54 valence electrons. The number of carboxylic acid groups (broad SMARTS) is 1. The Morgan fingerprint density at radius 2 is 2.22 bits per heavy atom. The molecule has 0 aliphatic heterocycles. The lowest BCUT2D eigenvalue weighted by Gasteiger charge is -2.25. The third-order valence-electron chi connectivity index (χ3n) is 0.744. The van der Waals surface area contributed by atoms with Gasteiger partial charge in [-0.25, -0.2) is 4.79 Å². The minimum atomic E-state index is -1.41. The fourth-order valence-electron chi connectivity index (χ4n) is 0.410. The molecule has 0 heterocycles. The summed E-state index contributed by atoms with van der Waals surface area (Å²) in [5.74, 6) is 0.0959. The van der Waals surface area contributed by atoms with E-state index in [1.807, 2.05) is 0 Å². The molecular formula is C5H10NO3-. The number of nitrogens with zero attached hydrogens (tertiary/aromatic N) is 1. The molecule has 0 saturated heterocycles. The van der Waals surface area contributed by atoms with Gasteiger partial charge in [-0.15, -0.1) is 0 Å². The third kappa shape index (κ3) is 3.78. The zero-order valence-electron chi connectivity index (χ0n) is 5.50. The van der Waals surface area contributed by atoms with E-state index in [1.165, 1.54) is 0 Å². The molecule has 0 aliphatic carbocycles. The predicted molar refractivity (Wildman–Crippen MR) is 32.9 cm³/mol. The summed E-state index contributed by atoms with van der Waals surface area (Å²) in [5, 5.41) is 18.3. The summed E-state index contributed by atoms with van der Waals surface area (Å²) in [7, 11) is 0. The van der Waals surface area contributed by atoms with Crippen LogP contribution in [0.25, 0.3) is 0 Å². The highest BCUT2D eigenvalue weighted by Crippen LogP contribution is 1.95. The monoisotopic (exact) mass is 132 g/mol. The van der Waals surface area contributed by atoms with Gasteiger partial charge in [-0.3, -0.25) is 0 Å². The van der Waals surface area contributed by atoms with Crippen molar-refractivity contribution in [3.63, 3.8) is 0 Å². The molecule has 0 fully saturated rings. The Hall–Kier alpha value is -0.770. The van der Waals surface area contributed by atoms with Crippen molar-refractivity contribution in [3.8, 4) is 0 Å². The predicted octanol–water partition coefficient (Wildman–Crippen LogP) is 1.12. The molecule has 0 unspecified atom stereocenters. The Labute approximate surface area is 53.7 Å². The van der Waals surface area contributed by atoms with Crippen molar-refractivity contribution in [2.24, 2.45) is 5.92 Å². The van der Waals surface area contributed by atoms with Crippen molar-refractivity contribution in [2.45, 2.75) is 13.8 Å². The number of hydrogen-bond donors (Lipinski definition) is 1. The molecule has 4 heteroatoms. The van der Waals surface area contributed by atoms with Crippen LogP contribution in [-0.2, 0) is 0 Å². The molecular weight excluding hydrogens is 122 g/mol. The van der Waals surface area contributed by atoms with Crippen molar-refractivity contribution >= 4 is 6.09 Å². The second kappa shape index (κ2) is 3.29. The van der Waals surface area contributed by atoms with Crippen LogP contribution in [0.4, 0.5) is 4.79 Å². The van der Waals surface area contributed by atoms with Gasteiger partial charge in [0.2, 0.25) is 0 Å². The van der Waals surface area contributed by atoms with Crippen LogP contribution in [0, 0.1) is 11.1 Å². The first-order valence-electron chi connectivity index (χ1n) is 2.71. The van der Waals surface area contributed by atoms with Gasteiger partial charge in [-0.05, 0) is 5.92 Å². The molecule has 0 spiro atoms. The van der Waals surface area contributed by atoms with E-state index in [0.717, 1.165) is 0 Å². The quantitative estimate of drug-likeness (QED) is 0.572. The molecule has 1 N–H and O–H groups in total. The number of rotatable bonds is 2. The Balaban J connectivity index is 3.50. The van der Waals surface area contributed by atoms with Crippen molar-refractivity contribution < 1.29 is 9.90 Å². The van der Waals surface area contributed by atoms with E-state index in [4.69, 9.17) is 5.11 Å². The SMILES string of the molecule is CC(C)CN([O-])C(=O)O. The Bertz CT molecular complexity index is 102. The van der Waals surface area contributed by atoms with E-state index in [-0.39, 0.29) is 17.5 Å². The van der Waals surface area contributed by atoms with E-state index in [2.05, 4.69) is 0 Å². The van der Waals surface area contributed by atoms with Gasteiger partial charge in [0.25, 0.3) is 0 Å². The van der Waals surface area contributed by atoms with E-state index < -0.39 is 6.09 Å². The second-order valence-corrected chi connectivity index (χ2v) is 2.24. The first-order chi connectivity index (χ1) is 4.04. The van der Waals surface area contributed by atoms with Crippen LogP contribution in [0.5, 0.6) is 0 Å². The Morgan fingerprint density at radius 1 is 1.78 bits per heavy atom. The fraction of sp³-hybridized carbons (Fsp3) is 0.800. The summed E-state index contributed by atoms with van der Waals surface area (Å²) in [5.41, 5.74) is 0. The normalized spacial score (nSPS) is 9.78. The van der Waals surface area contributed by atoms with E-state index in [1.54, 1.807) is 13.8 Å². The minimum Gasteiger partial charge on any atom is -0.754 e. The zero-order valence-corrected chi connectivity index (χ0v) is 5.50. The van der Waals surface area contributed by atoms with Gasteiger partial charge < -0.3 is 15.4 Å². The molecule has 0 radical (unpaired) electrons. The van der Waals surface area contributed by atoms with Crippen LogP contribution in [0.3, 0.4) is 0 Å². The minimum absolute atomic E-state index is 0.0324. The molecule has 0 saturated carbocycles. The molecule has 0 aromatic carbocycles. The summed E-state index contributed by atoms with van der Waals surface area (Å²) in [6.07, 6.45) is -1.41. The Morgan fingerprint density at radius 3 is 2.33 bits per heavy atom. The summed E-state index contributed by atoms with van der Waals surface area (Å²) in [6.45, 7) is 3.62. The molecule has 1 amide bonds. The van der Waals surface area contributed by atoms with Gasteiger partial charge in [0.05, 0.1) is 0 Å². The molecule has 0 aliphatic rings. The van der Waals surface area contributed by atoms with Crippen LogP contribution >= 0.6 is 0 Å². The van der Waals surface area contributed by atoms with Crippen molar-refractivity contribution in [2.75, 3.05) is 6.54 Å². The molecule has 0 rings (SSSR count).